The van der Waals surface area contributed by atoms with Crippen LogP contribution in [-0.2, 0) is 0 Å². The van der Waals surface area contributed by atoms with Gasteiger partial charge in [0.15, 0.2) is 5.78 Å². The van der Waals surface area contributed by atoms with Crippen LogP contribution in [0.2, 0.25) is 0 Å². The molecule has 0 aromatic heterocycles. The van der Waals surface area contributed by atoms with Gasteiger partial charge in [-0.1, -0.05) is 13.0 Å². The molecule has 4 heteroatoms. The molecule has 1 rings (SSSR count). The van der Waals surface area contributed by atoms with E-state index in [0.29, 0.717) is 6.54 Å². The highest BCUT2D eigenvalue weighted by Gasteiger charge is 2.21. The molecule has 15 heavy (non-hydrogen) atoms. The summed E-state index contributed by atoms with van der Waals surface area (Å²) in [4.78, 5) is 11.7. The van der Waals surface area contributed by atoms with Crippen molar-refractivity contribution in [3.8, 4) is 0 Å². The maximum absolute atomic E-state index is 13.2. The second-order valence-electron chi connectivity index (χ2n) is 3.42. The average Bonchev–Trinajstić information content (AvgIpc) is 2.17. The zero-order valence-electron chi connectivity index (χ0n) is 8.68. The number of carbonyl (C=O) groups is 1. The maximum Gasteiger partial charge on any atom is 0.172 e. The van der Waals surface area contributed by atoms with Crippen molar-refractivity contribution in [2.24, 2.45) is 5.92 Å². The zero-order valence-corrected chi connectivity index (χ0v) is 8.68. The van der Waals surface area contributed by atoms with Crippen LogP contribution in [0.15, 0.2) is 18.2 Å². The van der Waals surface area contributed by atoms with Gasteiger partial charge in [-0.05, 0) is 19.2 Å². The van der Waals surface area contributed by atoms with Gasteiger partial charge in [-0.3, -0.25) is 4.79 Å². The molecule has 1 unspecified atom stereocenters. The van der Waals surface area contributed by atoms with E-state index in [1.54, 1.807) is 14.0 Å². The van der Waals surface area contributed by atoms with E-state index >= 15 is 0 Å². The first-order valence-corrected chi connectivity index (χ1v) is 4.70. The van der Waals surface area contributed by atoms with Crippen LogP contribution in [-0.4, -0.2) is 19.4 Å². The molecule has 0 heterocycles. The summed E-state index contributed by atoms with van der Waals surface area (Å²) in [7, 11) is 1.68. The molecule has 0 aliphatic carbocycles. The number of benzene rings is 1. The standard InChI is InChI=1S/C11H13F2NO/c1-7(6-14-2)11(15)10-8(12)4-3-5-9(10)13/h3-5,7,14H,6H2,1-2H3. The quantitative estimate of drug-likeness (QED) is 0.775. The van der Waals surface area contributed by atoms with Crippen LogP contribution in [0.25, 0.3) is 0 Å². The summed E-state index contributed by atoms with van der Waals surface area (Å²) in [6.07, 6.45) is 0. The average molecular weight is 213 g/mol. The molecular weight excluding hydrogens is 200 g/mol. The Morgan fingerprint density at radius 1 is 1.40 bits per heavy atom. The highest BCUT2D eigenvalue weighted by molar-refractivity contribution is 5.98. The van der Waals surface area contributed by atoms with E-state index < -0.39 is 28.9 Å². The number of hydrogen-bond donors (Lipinski definition) is 1. The number of nitrogens with one attached hydrogen (secondary N) is 1. The highest BCUT2D eigenvalue weighted by atomic mass is 19.1. The molecule has 0 fully saturated rings. The molecule has 0 saturated carbocycles. The first-order valence-electron chi connectivity index (χ1n) is 4.70. The van der Waals surface area contributed by atoms with E-state index in [-0.39, 0.29) is 0 Å². The van der Waals surface area contributed by atoms with Gasteiger partial charge in [-0.15, -0.1) is 0 Å². The summed E-state index contributed by atoms with van der Waals surface area (Å²) in [5.74, 6) is -2.56. The molecule has 1 aromatic carbocycles. The third-order valence-corrected chi connectivity index (χ3v) is 2.17. The minimum absolute atomic E-state index is 0.395. The maximum atomic E-state index is 13.2. The molecule has 0 radical (unpaired) electrons. The largest absolute Gasteiger partial charge is 0.319 e. The van der Waals surface area contributed by atoms with E-state index in [1.165, 1.54) is 6.07 Å². The van der Waals surface area contributed by atoms with Crippen LogP contribution < -0.4 is 5.32 Å². The van der Waals surface area contributed by atoms with E-state index in [4.69, 9.17) is 0 Å². The SMILES string of the molecule is CNCC(C)C(=O)c1c(F)cccc1F. The Morgan fingerprint density at radius 3 is 2.40 bits per heavy atom. The Hall–Kier alpha value is -1.29. The lowest BCUT2D eigenvalue weighted by Gasteiger charge is -2.10. The van der Waals surface area contributed by atoms with Crippen molar-refractivity contribution in [2.75, 3.05) is 13.6 Å². The van der Waals surface area contributed by atoms with Gasteiger partial charge in [0.05, 0.1) is 5.56 Å². The summed E-state index contributed by atoms with van der Waals surface area (Å²) in [6, 6.07) is 3.41. The van der Waals surface area contributed by atoms with Gasteiger partial charge >= 0.3 is 0 Å². The van der Waals surface area contributed by atoms with Crippen molar-refractivity contribution in [2.45, 2.75) is 6.92 Å². The van der Waals surface area contributed by atoms with Gasteiger partial charge in [0.25, 0.3) is 0 Å². The van der Waals surface area contributed by atoms with Gasteiger partial charge in [0.1, 0.15) is 11.6 Å². The molecule has 0 saturated heterocycles. The van der Waals surface area contributed by atoms with Crippen molar-refractivity contribution >= 4 is 5.78 Å². The Balaban J connectivity index is 3.00. The fraction of sp³-hybridized carbons (Fsp3) is 0.364. The Labute approximate surface area is 87.3 Å². The summed E-state index contributed by atoms with van der Waals surface area (Å²) < 4.78 is 26.4. The van der Waals surface area contributed by atoms with Crippen LogP contribution in [0.5, 0.6) is 0 Å². The van der Waals surface area contributed by atoms with E-state index in [2.05, 4.69) is 5.32 Å². The molecule has 0 spiro atoms. The van der Waals surface area contributed by atoms with Crippen LogP contribution >= 0.6 is 0 Å². The Morgan fingerprint density at radius 2 is 1.93 bits per heavy atom. The monoisotopic (exact) mass is 213 g/mol. The van der Waals surface area contributed by atoms with Gasteiger partial charge in [-0.25, -0.2) is 8.78 Å². The third kappa shape index (κ3) is 2.59. The fourth-order valence-corrected chi connectivity index (χ4v) is 1.38. The smallest absolute Gasteiger partial charge is 0.172 e. The number of halogens is 2. The van der Waals surface area contributed by atoms with Crippen LogP contribution in [0.4, 0.5) is 8.78 Å². The van der Waals surface area contributed by atoms with Crippen LogP contribution in [0.3, 0.4) is 0 Å². The summed E-state index contributed by atoms with van der Waals surface area (Å²) in [6.45, 7) is 2.03. The topological polar surface area (TPSA) is 29.1 Å². The lowest BCUT2D eigenvalue weighted by molar-refractivity contribution is 0.0921. The fourth-order valence-electron chi connectivity index (χ4n) is 1.38. The molecule has 1 aromatic rings. The molecule has 1 atom stereocenters. The number of rotatable bonds is 4. The van der Waals surface area contributed by atoms with Crippen molar-refractivity contribution in [1.82, 2.24) is 5.32 Å². The van der Waals surface area contributed by atoms with E-state index in [9.17, 15) is 13.6 Å². The molecule has 2 nitrogen and oxygen atoms in total. The van der Waals surface area contributed by atoms with Crippen molar-refractivity contribution in [3.63, 3.8) is 0 Å². The van der Waals surface area contributed by atoms with Crippen molar-refractivity contribution in [1.29, 1.82) is 0 Å². The third-order valence-electron chi connectivity index (χ3n) is 2.17. The van der Waals surface area contributed by atoms with Gasteiger partial charge in [-0.2, -0.15) is 0 Å². The first-order chi connectivity index (χ1) is 7.07. The molecule has 0 aliphatic heterocycles. The molecular formula is C11H13F2NO. The lowest BCUT2D eigenvalue weighted by atomic mass is 9.98. The second kappa shape index (κ2) is 4.98. The number of carbonyl (C=O) groups excluding carboxylic acids is 1. The summed E-state index contributed by atoms with van der Waals surface area (Å²) in [5, 5.41) is 2.79. The van der Waals surface area contributed by atoms with Crippen molar-refractivity contribution < 1.29 is 13.6 Å². The lowest BCUT2D eigenvalue weighted by Crippen LogP contribution is -2.25. The molecule has 0 aliphatic rings. The second-order valence-corrected chi connectivity index (χ2v) is 3.42. The number of Topliss-reactive ketones (excluding diaryl/α,β-unsaturated/α-hetero) is 1. The van der Waals surface area contributed by atoms with Gasteiger partial charge in [0, 0.05) is 12.5 Å². The Kier molecular flexibility index (Phi) is 3.91. The minimum Gasteiger partial charge on any atom is -0.319 e. The molecule has 82 valence electrons. The van der Waals surface area contributed by atoms with Crippen LogP contribution in [0.1, 0.15) is 17.3 Å². The molecule has 0 amide bonds. The number of hydrogen-bond acceptors (Lipinski definition) is 2. The molecule has 1 N–H and O–H groups in total. The van der Waals surface area contributed by atoms with Gasteiger partial charge < -0.3 is 5.32 Å². The summed E-state index contributed by atoms with van der Waals surface area (Å²) in [5.41, 5.74) is -0.444. The minimum atomic E-state index is -0.803. The zero-order chi connectivity index (χ0) is 11.4. The normalized spacial score (nSPS) is 12.5. The van der Waals surface area contributed by atoms with Crippen molar-refractivity contribution in [3.05, 3.63) is 35.4 Å². The summed E-state index contributed by atoms with van der Waals surface area (Å²) >= 11 is 0. The number of ketones is 1. The van der Waals surface area contributed by atoms with E-state index in [1.807, 2.05) is 0 Å². The predicted octanol–water partition coefficient (Wildman–Crippen LogP) is 2.00. The van der Waals surface area contributed by atoms with Crippen LogP contribution in [0, 0.1) is 17.6 Å². The predicted molar refractivity (Wildman–Crippen MR) is 53.8 cm³/mol. The van der Waals surface area contributed by atoms with E-state index in [0.717, 1.165) is 12.1 Å². The molecule has 0 bridgehead atoms. The highest BCUT2D eigenvalue weighted by Crippen LogP contribution is 2.16. The first kappa shape index (κ1) is 11.8. The Bertz CT molecular complexity index is 345. The van der Waals surface area contributed by atoms with Gasteiger partial charge in [0.2, 0.25) is 0 Å².